The molecule has 0 spiro atoms. The van der Waals surface area contributed by atoms with E-state index in [9.17, 15) is 15.0 Å². The number of benzene rings is 1. The lowest BCUT2D eigenvalue weighted by Crippen LogP contribution is -2.32. The topological polar surface area (TPSA) is 201 Å². The van der Waals surface area contributed by atoms with Gasteiger partial charge in [0.1, 0.15) is 11.6 Å². The van der Waals surface area contributed by atoms with Gasteiger partial charge in [-0.15, -0.1) is 10.2 Å². The van der Waals surface area contributed by atoms with E-state index >= 15 is 0 Å². The third-order valence-electron chi connectivity index (χ3n) is 5.81. The van der Waals surface area contributed by atoms with Crippen molar-refractivity contribution in [1.82, 2.24) is 39.7 Å². The standard InChI is InChI=1S/C21H24N10O5/c1-30-28-18(27-29-30)15-14(34)16(35-10-33)20(36-15)31-9-23-13-17(22)25-21(26-19(13)31)24-12(8-32)7-11-5-3-2-4-6-11/h2-6,9-10,12,14-16,20,32,34H,7-8H2,1H3,(H3,22,24,25,26)/t12-,14+,15-,16+,20+/m0/s1. The second kappa shape index (κ2) is 9.80. The molecule has 0 radical (unpaired) electrons. The molecule has 5 rings (SSSR count). The number of hydrogen-bond acceptors (Lipinski definition) is 13. The van der Waals surface area contributed by atoms with Crippen molar-refractivity contribution in [3.8, 4) is 0 Å². The zero-order valence-corrected chi connectivity index (χ0v) is 19.1. The molecule has 1 aliphatic heterocycles. The predicted molar refractivity (Wildman–Crippen MR) is 123 cm³/mol. The van der Waals surface area contributed by atoms with Crippen LogP contribution in [0.4, 0.5) is 11.8 Å². The number of carbonyl (C=O) groups excluding carboxylic acids is 1. The van der Waals surface area contributed by atoms with Crippen molar-refractivity contribution in [2.45, 2.75) is 37.0 Å². The Morgan fingerprint density at radius 2 is 2.11 bits per heavy atom. The number of rotatable bonds is 9. The summed E-state index contributed by atoms with van der Waals surface area (Å²) in [4.78, 5) is 25.5. The molecule has 5 atom stereocenters. The zero-order valence-electron chi connectivity index (χ0n) is 19.1. The van der Waals surface area contributed by atoms with Crippen LogP contribution in [0.25, 0.3) is 11.2 Å². The van der Waals surface area contributed by atoms with Crippen molar-refractivity contribution < 1.29 is 24.5 Å². The Kier molecular flexibility index (Phi) is 6.41. The van der Waals surface area contributed by atoms with Crippen molar-refractivity contribution in [2.24, 2.45) is 7.05 Å². The molecule has 1 aliphatic rings. The average molecular weight is 496 g/mol. The van der Waals surface area contributed by atoms with Gasteiger partial charge in [-0.05, 0) is 17.2 Å². The fraction of sp³-hybridized carbons (Fsp3) is 0.381. The van der Waals surface area contributed by atoms with Gasteiger partial charge in [0, 0.05) is 0 Å². The number of aliphatic hydroxyl groups is 2. The molecular formula is C21H24N10O5. The normalized spacial score (nSPS) is 22.5. The lowest BCUT2D eigenvalue weighted by Gasteiger charge is -2.20. The lowest BCUT2D eigenvalue weighted by atomic mass is 10.1. The Balaban J connectivity index is 1.46. The minimum Gasteiger partial charge on any atom is -0.457 e. The number of anilines is 2. The van der Waals surface area contributed by atoms with Gasteiger partial charge in [0.2, 0.25) is 11.8 Å². The van der Waals surface area contributed by atoms with E-state index in [1.807, 2.05) is 30.3 Å². The molecule has 36 heavy (non-hydrogen) atoms. The second-order valence-corrected chi connectivity index (χ2v) is 8.24. The highest BCUT2D eigenvalue weighted by molar-refractivity contribution is 5.83. The molecule has 1 aromatic carbocycles. The molecule has 4 aromatic rings. The first-order valence-corrected chi connectivity index (χ1v) is 11.1. The number of nitrogens with one attached hydrogen (secondary N) is 1. The van der Waals surface area contributed by atoms with Crippen molar-refractivity contribution in [1.29, 1.82) is 0 Å². The summed E-state index contributed by atoms with van der Waals surface area (Å²) in [6.45, 7) is 0.0526. The quantitative estimate of drug-likeness (QED) is 0.208. The van der Waals surface area contributed by atoms with Crippen LogP contribution in [-0.4, -0.2) is 81.3 Å². The number of nitrogens with two attached hydrogens (primary N) is 1. The number of tetrazole rings is 1. The Morgan fingerprint density at radius 3 is 2.81 bits per heavy atom. The minimum atomic E-state index is -1.29. The van der Waals surface area contributed by atoms with Gasteiger partial charge in [-0.3, -0.25) is 9.36 Å². The van der Waals surface area contributed by atoms with Crippen LogP contribution in [-0.2, 0) is 27.7 Å². The van der Waals surface area contributed by atoms with Crippen LogP contribution < -0.4 is 11.1 Å². The average Bonchev–Trinajstić information content (AvgIpc) is 3.57. The Bertz CT molecular complexity index is 1350. The number of carbonyl (C=O) groups is 1. The van der Waals surface area contributed by atoms with Crippen LogP contribution in [0, 0.1) is 0 Å². The van der Waals surface area contributed by atoms with E-state index < -0.39 is 24.5 Å². The van der Waals surface area contributed by atoms with Crippen molar-refractivity contribution >= 4 is 29.4 Å². The summed E-state index contributed by atoms with van der Waals surface area (Å²) in [7, 11) is 1.57. The number of aryl methyl sites for hydroxylation is 1. The second-order valence-electron chi connectivity index (χ2n) is 8.24. The molecule has 0 unspecified atom stereocenters. The van der Waals surface area contributed by atoms with E-state index in [4.69, 9.17) is 15.2 Å². The van der Waals surface area contributed by atoms with Crippen LogP contribution in [0.2, 0.25) is 0 Å². The summed E-state index contributed by atoms with van der Waals surface area (Å²) in [5.41, 5.74) is 7.72. The molecule has 0 aliphatic carbocycles. The van der Waals surface area contributed by atoms with Crippen LogP contribution in [0.5, 0.6) is 0 Å². The summed E-state index contributed by atoms with van der Waals surface area (Å²) < 4.78 is 12.6. The predicted octanol–water partition coefficient (Wildman–Crippen LogP) is -0.880. The van der Waals surface area contributed by atoms with Crippen molar-refractivity contribution in [3.05, 3.63) is 48.0 Å². The molecule has 3 aromatic heterocycles. The monoisotopic (exact) mass is 496 g/mol. The number of hydrogen-bond donors (Lipinski definition) is 4. The summed E-state index contributed by atoms with van der Waals surface area (Å²) in [6, 6.07) is 9.27. The van der Waals surface area contributed by atoms with Crippen molar-refractivity contribution in [3.63, 3.8) is 0 Å². The number of imidazole rings is 1. The highest BCUT2D eigenvalue weighted by atomic mass is 16.6. The van der Waals surface area contributed by atoms with E-state index in [-0.39, 0.29) is 47.9 Å². The number of fused-ring (bicyclic) bond motifs is 1. The Morgan fingerprint density at radius 1 is 1.31 bits per heavy atom. The maximum atomic E-state index is 11.2. The first-order valence-electron chi connectivity index (χ1n) is 11.1. The first kappa shape index (κ1) is 23.5. The maximum absolute atomic E-state index is 11.2. The Labute approximate surface area is 203 Å². The fourth-order valence-corrected chi connectivity index (χ4v) is 4.14. The molecule has 1 saturated heterocycles. The van der Waals surface area contributed by atoms with Gasteiger partial charge in [0.25, 0.3) is 6.47 Å². The summed E-state index contributed by atoms with van der Waals surface area (Å²) in [5.74, 6) is 0.381. The van der Waals surface area contributed by atoms with Crippen molar-refractivity contribution in [2.75, 3.05) is 17.7 Å². The van der Waals surface area contributed by atoms with E-state index in [0.29, 0.717) is 6.42 Å². The van der Waals surface area contributed by atoms with E-state index in [1.165, 1.54) is 15.7 Å². The summed E-state index contributed by atoms with van der Waals surface area (Å²) >= 11 is 0. The van der Waals surface area contributed by atoms with Gasteiger partial charge < -0.3 is 30.7 Å². The number of nitrogens with zero attached hydrogens (tertiary/aromatic N) is 8. The molecule has 15 nitrogen and oxygen atoms in total. The van der Waals surface area contributed by atoms with Gasteiger partial charge in [-0.25, -0.2) is 4.98 Å². The molecule has 188 valence electrons. The highest BCUT2D eigenvalue weighted by Gasteiger charge is 2.49. The zero-order chi connectivity index (χ0) is 25.2. The number of aromatic nitrogens is 8. The van der Waals surface area contributed by atoms with Crippen LogP contribution >= 0.6 is 0 Å². The fourth-order valence-electron chi connectivity index (χ4n) is 4.14. The molecule has 0 bridgehead atoms. The molecular weight excluding hydrogens is 472 g/mol. The molecule has 4 heterocycles. The number of ether oxygens (including phenoxy) is 2. The summed E-state index contributed by atoms with van der Waals surface area (Å²) in [5, 5.41) is 35.6. The molecule has 15 heteroatoms. The van der Waals surface area contributed by atoms with Gasteiger partial charge in [-0.2, -0.15) is 14.8 Å². The van der Waals surface area contributed by atoms with Crippen LogP contribution in [0.1, 0.15) is 23.7 Å². The summed E-state index contributed by atoms with van der Waals surface area (Å²) in [6.07, 6.45) is -2.53. The van der Waals surface area contributed by atoms with Gasteiger partial charge in [0.05, 0.1) is 26.0 Å². The third kappa shape index (κ3) is 4.41. The minimum absolute atomic E-state index is 0.0937. The van der Waals surface area contributed by atoms with E-state index in [1.54, 1.807) is 7.05 Å². The number of nitrogen functional groups attached to an aromatic ring is 1. The Hall–Kier alpha value is -4.21. The van der Waals surface area contributed by atoms with Gasteiger partial charge in [0.15, 0.2) is 29.9 Å². The smallest absolute Gasteiger partial charge is 0.293 e. The molecule has 0 amide bonds. The molecule has 0 saturated carbocycles. The van der Waals surface area contributed by atoms with Gasteiger partial charge >= 0.3 is 0 Å². The SMILES string of the molecule is Cn1nnc([C@H]2O[C@@H](n3cnc4c(N)nc(N[C@H](CO)Cc5ccccc5)nc43)[C@H](OC=O)[C@@H]2O)n1. The van der Waals surface area contributed by atoms with Gasteiger partial charge in [-0.1, -0.05) is 30.3 Å². The van der Waals surface area contributed by atoms with Crippen LogP contribution in [0.15, 0.2) is 36.7 Å². The third-order valence-corrected chi connectivity index (χ3v) is 5.81. The molecule has 5 N–H and O–H groups in total. The largest absolute Gasteiger partial charge is 0.457 e. The highest BCUT2D eigenvalue weighted by Crippen LogP contribution is 2.40. The first-order chi connectivity index (χ1) is 17.5. The number of aliphatic hydroxyl groups excluding tert-OH is 2. The van der Waals surface area contributed by atoms with Crippen LogP contribution in [0.3, 0.4) is 0 Å². The van der Waals surface area contributed by atoms with E-state index in [0.717, 1.165) is 5.56 Å². The maximum Gasteiger partial charge on any atom is 0.293 e. The molecule has 1 fully saturated rings. The van der Waals surface area contributed by atoms with E-state index in [2.05, 4.69) is 35.7 Å². The lowest BCUT2D eigenvalue weighted by molar-refractivity contribution is -0.142.